The summed E-state index contributed by atoms with van der Waals surface area (Å²) in [6.45, 7) is 2.07. The van der Waals surface area contributed by atoms with Gasteiger partial charge in [0.2, 0.25) is 5.91 Å². The topological polar surface area (TPSA) is 71.1 Å². The van der Waals surface area contributed by atoms with Crippen LogP contribution in [0.25, 0.3) is 0 Å². The lowest BCUT2D eigenvalue weighted by Gasteiger charge is -2.29. The minimum atomic E-state index is -4.54. The van der Waals surface area contributed by atoms with Crippen LogP contribution in [0.15, 0.2) is 42.5 Å². The smallest absolute Gasteiger partial charge is 0.416 e. The lowest BCUT2D eigenvalue weighted by molar-refractivity contribution is -0.138. The molecule has 2 aliphatic heterocycles. The van der Waals surface area contributed by atoms with Crippen molar-refractivity contribution in [2.45, 2.75) is 25.6 Å². The summed E-state index contributed by atoms with van der Waals surface area (Å²) < 4.78 is 51.7. The van der Waals surface area contributed by atoms with Crippen LogP contribution in [0.4, 0.5) is 24.5 Å². The summed E-state index contributed by atoms with van der Waals surface area (Å²) in [6.07, 6.45) is -3.19. The Morgan fingerprint density at radius 2 is 1.74 bits per heavy atom. The molecule has 2 aromatic carbocycles. The molecule has 182 valence electrons. The number of ether oxygens (including phenoxy) is 2. The second-order valence-corrected chi connectivity index (χ2v) is 8.15. The van der Waals surface area contributed by atoms with Crippen molar-refractivity contribution < 1.29 is 32.2 Å². The van der Waals surface area contributed by atoms with Gasteiger partial charge in [-0.1, -0.05) is 6.07 Å². The minimum Gasteiger partial charge on any atom is -0.484 e. The normalized spacial score (nSPS) is 16.6. The van der Waals surface area contributed by atoms with E-state index in [1.807, 2.05) is 4.90 Å². The van der Waals surface area contributed by atoms with Gasteiger partial charge in [0.1, 0.15) is 5.75 Å². The Hall–Kier alpha value is -3.27. The molecule has 0 spiro atoms. The Labute approximate surface area is 195 Å². The van der Waals surface area contributed by atoms with Crippen LogP contribution in [0.3, 0.4) is 0 Å². The minimum absolute atomic E-state index is 0.0162. The lowest BCUT2D eigenvalue weighted by Crippen LogP contribution is -2.36. The number of alkyl halides is 3. The molecule has 0 aliphatic carbocycles. The molecule has 0 radical (unpaired) electrons. The van der Waals surface area contributed by atoms with Crippen LogP contribution in [-0.4, -0.2) is 51.3 Å². The van der Waals surface area contributed by atoms with Crippen LogP contribution < -0.4 is 19.9 Å². The van der Waals surface area contributed by atoms with Gasteiger partial charge in [0, 0.05) is 44.0 Å². The highest BCUT2D eigenvalue weighted by atomic mass is 19.4. The number of hydrogen-bond acceptors (Lipinski definition) is 5. The van der Waals surface area contributed by atoms with Gasteiger partial charge < -0.3 is 24.6 Å². The van der Waals surface area contributed by atoms with E-state index in [0.717, 1.165) is 18.2 Å². The largest absolute Gasteiger partial charge is 0.484 e. The first-order valence-electron chi connectivity index (χ1n) is 11.1. The number of carbonyl (C=O) groups excluding carboxylic acids is 2. The standard InChI is InChI=1S/C24H26F3N3O4/c25-24(26,27)21-14-19(29-10-12-33-13-11-29)4-3-17(21)15-28-22(31)16-34-20-7-5-18(6-8-20)30-9-1-2-23(30)32/h3-8,14H,1-2,9-13,15-16H2,(H,28,31). The molecule has 0 unspecified atom stereocenters. The van der Waals surface area contributed by atoms with Crippen LogP contribution in [-0.2, 0) is 27.0 Å². The monoisotopic (exact) mass is 477 g/mol. The first-order valence-corrected chi connectivity index (χ1v) is 11.1. The molecular weight excluding hydrogens is 451 g/mol. The SMILES string of the molecule is O=C(COc1ccc(N2CCCC2=O)cc1)NCc1ccc(N2CCOCC2)cc1C(F)(F)F. The Morgan fingerprint density at radius 3 is 2.38 bits per heavy atom. The van der Waals surface area contributed by atoms with Gasteiger partial charge in [-0.2, -0.15) is 13.2 Å². The number of nitrogens with one attached hydrogen (secondary N) is 1. The number of halogens is 3. The van der Waals surface area contributed by atoms with Gasteiger partial charge in [-0.3, -0.25) is 9.59 Å². The predicted molar refractivity (Wildman–Crippen MR) is 120 cm³/mol. The third-order valence-electron chi connectivity index (χ3n) is 5.84. The fourth-order valence-electron chi connectivity index (χ4n) is 4.04. The van der Waals surface area contributed by atoms with Crippen molar-refractivity contribution in [1.82, 2.24) is 5.32 Å². The first kappa shape index (κ1) is 23.9. The molecule has 0 bridgehead atoms. The van der Waals surface area contributed by atoms with Crippen molar-refractivity contribution in [3.63, 3.8) is 0 Å². The summed E-state index contributed by atoms with van der Waals surface area (Å²) in [5.74, 6) is -0.0372. The molecule has 10 heteroatoms. The number of carbonyl (C=O) groups is 2. The van der Waals surface area contributed by atoms with E-state index in [1.54, 1.807) is 35.2 Å². The number of amides is 2. The summed E-state index contributed by atoms with van der Waals surface area (Å²) >= 11 is 0. The van der Waals surface area contributed by atoms with E-state index in [4.69, 9.17) is 9.47 Å². The van der Waals surface area contributed by atoms with Crippen LogP contribution in [0.2, 0.25) is 0 Å². The molecule has 2 aromatic rings. The van der Waals surface area contributed by atoms with Crippen molar-refractivity contribution in [3.8, 4) is 5.75 Å². The summed E-state index contributed by atoms with van der Waals surface area (Å²) in [5.41, 5.74) is 0.454. The zero-order chi connectivity index (χ0) is 24.1. The molecule has 0 atom stereocenters. The highest BCUT2D eigenvalue weighted by Gasteiger charge is 2.34. The number of anilines is 2. The molecule has 2 heterocycles. The molecule has 2 fully saturated rings. The quantitative estimate of drug-likeness (QED) is 0.662. The number of hydrogen-bond donors (Lipinski definition) is 1. The van der Waals surface area contributed by atoms with Crippen molar-refractivity contribution in [2.24, 2.45) is 0 Å². The number of rotatable bonds is 7. The summed E-state index contributed by atoms with van der Waals surface area (Å²) in [5, 5.41) is 2.49. The highest BCUT2D eigenvalue weighted by molar-refractivity contribution is 5.95. The summed E-state index contributed by atoms with van der Waals surface area (Å²) in [4.78, 5) is 27.5. The lowest BCUT2D eigenvalue weighted by atomic mass is 10.0. The molecule has 1 N–H and O–H groups in total. The van der Waals surface area contributed by atoms with E-state index in [-0.39, 0.29) is 24.6 Å². The maximum atomic E-state index is 13.7. The van der Waals surface area contributed by atoms with Gasteiger partial charge in [-0.15, -0.1) is 0 Å². The van der Waals surface area contributed by atoms with E-state index < -0.39 is 17.6 Å². The fraction of sp³-hybridized carbons (Fsp3) is 0.417. The summed E-state index contributed by atoms with van der Waals surface area (Å²) in [7, 11) is 0. The van der Waals surface area contributed by atoms with Crippen molar-refractivity contribution in [2.75, 3.05) is 49.3 Å². The van der Waals surface area contributed by atoms with Gasteiger partial charge in [0.25, 0.3) is 5.91 Å². The third-order valence-corrected chi connectivity index (χ3v) is 5.84. The molecule has 0 aromatic heterocycles. The maximum Gasteiger partial charge on any atom is 0.416 e. The number of nitrogens with zero attached hydrogens (tertiary/aromatic N) is 2. The second-order valence-electron chi connectivity index (χ2n) is 8.15. The summed E-state index contributed by atoms with van der Waals surface area (Å²) in [6, 6.07) is 10.9. The van der Waals surface area contributed by atoms with Gasteiger partial charge in [-0.25, -0.2) is 0 Å². The maximum absolute atomic E-state index is 13.7. The van der Waals surface area contributed by atoms with Crippen molar-refractivity contribution in [3.05, 3.63) is 53.6 Å². The predicted octanol–water partition coefficient (Wildman–Crippen LogP) is 3.36. The average Bonchev–Trinajstić information content (AvgIpc) is 3.27. The van der Waals surface area contributed by atoms with Gasteiger partial charge >= 0.3 is 6.18 Å². The van der Waals surface area contributed by atoms with Crippen LogP contribution in [0.5, 0.6) is 5.75 Å². The molecular formula is C24H26F3N3O4. The first-order chi connectivity index (χ1) is 16.3. The van der Waals surface area contributed by atoms with Crippen molar-refractivity contribution >= 4 is 23.2 Å². The molecule has 7 nitrogen and oxygen atoms in total. The molecule has 34 heavy (non-hydrogen) atoms. The Morgan fingerprint density at radius 1 is 1.03 bits per heavy atom. The Balaban J connectivity index is 1.32. The Bertz CT molecular complexity index is 1020. The zero-order valence-corrected chi connectivity index (χ0v) is 18.6. The molecule has 2 saturated heterocycles. The molecule has 2 aliphatic rings. The molecule has 2 amide bonds. The van der Waals surface area contributed by atoms with Gasteiger partial charge in [0.05, 0.1) is 18.8 Å². The second kappa shape index (κ2) is 10.3. The van der Waals surface area contributed by atoms with Crippen LogP contribution >= 0.6 is 0 Å². The number of benzene rings is 2. The average molecular weight is 477 g/mol. The number of morpholine rings is 1. The van der Waals surface area contributed by atoms with Gasteiger partial charge in [-0.05, 0) is 48.4 Å². The van der Waals surface area contributed by atoms with Crippen molar-refractivity contribution in [1.29, 1.82) is 0 Å². The zero-order valence-electron chi connectivity index (χ0n) is 18.6. The van der Waals surface area contributed by atoms with Crippen LogP contribution in [0.1, 0.15) is 24.0 Å². The van der Waals surface area contributed by atoms with E-state index in [1.165, 1.54) is 6.07 Å². The molecule has 4 rings (SSSR count). The Kier molecular flexibility index (Phi) is 7.26. The van der Waals surface area contributed by atoms with E-state index in [9.17, 15) is 22.8 Å². The molecule has 0 saturated carbocycles. The van der Waals surface area contributed by atoms with Crippen LogP contribution in [0, 0.1) is 0 Å². The van der Waals surface area contributed by atoms with E-state index in [2.05, 4.69) is 5.32 Å². The fourth-order valence-corrected chi connectivity index (χ4v) is 4.04. The van der Waals surface area contributed by atoms with E-state index in [0.29, 0.717) is 50.7 Å². The highest BCUT2D eigenvalue weighted by Crippen LogP contribution is 2.35. The third kappa shape index (κ3) is 5.80. The van der Waals surface area contributed by atoms with E-state index >= 15 is 0 Å². The van der Waals surface area contributed by atoms with Gasteiger partial charge in [0.15, 0.2) is 6.61 Å².